The van der Waals surface area contributed by atoms with Gasteiger partial charge in [0.25, 0.3) is 0 Å². The average Bonchev–Trinajstić information content (AvgIpc) is 2.38. The second-order valence-corrected chi connectivity index (χ2v) is 5.79. The Hall–Kier alpha value is -0.120. The first-order valence-electron chi connectivity index (χ1n) is 7.70. The molecule has 108 valence electrons. The first-order valence-corrected chi connectivity index (χ1v) is 7.70. The summed E-state index contributed by atoms with van der Waals surface area (Å²) >= 11 is 0. The van der Waals surface area contributed by atoms with E-state index >= 15 is 0 Å². The van der Waals surface area contributed by atoms with Crippen LogP contribution in [0, 0.1) is 5.92 Å². The summed E-state index contributed by atoms with van der Waals surface area (Å²) in [6, 6.07) is 0.656. The third-order valence-corrected chi connectivity index (χ3v) is 4.03. The normalized spacial score (nSPS) is 20.5. The minimum atomic E-state index is 0.362. The Labute approximate surface area is 113 Å². The molecule has 0 bridgehead atoms. The van der Waals surface area contributed by atoms with E-state index in [4.69, 9.17) is 4.74 Å². The largest absolute Gasteiger partial charge is 0.379 e. The number of nitrogens with zero attached hydrogens (tertiary/aromatic N) is 1. The van der Waals surface area contributed by atoms with Crippen LogP contribution in [0.3, 0.4) is 0 Å². The van der Waals surface area contributed by atoms with E-state index in [1.54, 1.807) is 0 Å². The third kappa shape index (κ3) is 6.17. The zero-order chi connectivity index (χ0) is 13.4. The molecule has 1 unspecified atom stereocenters. The topological polar surface area (TPSA) is 24.5 Å². The first-order chi connectivity index (χ1) is 8.63. The summed E-state index contributed by atoms with van der Waals surface area (Å²) in [5.74, 6) is 0.860. The van der Waals surface area contributed by atoms with E-state index in [1.807, 2.05) is 0 Å². The Morgan fingerprint density at radius 2 is 1.89 bits per heavy atom. The van der Waals surface area contributed by atoms with E-state index in [-0.39, 0.29) is 0 Å². The lowest BCUT2D eigenvalue weighted by atomic mass is 9.90. The highest BCUT2D eigenvalue weighted by Crippen LogP contribution is 2.20. The lowest BCUT2D eigenvalue weighted by molar-refractivity contribution is 0.0760. The van der Waals surface area contributed by atoms with Crippen LogP contribution in [0.1, 0.15) is 47.0 Å². The van der Waals surface area contributed by atoms with Gasteiger partial charge in [-0.1, -0.05) is 6.92 Å². The van der Waals surface area contributed by atoms with Crippen LogP contribution >= 0.6 is 0 Å². The number of hydrogen-bond acceptors (Lipinski definition) is 3. The van der Waals surface area contributed by atoms with Crippen molar-refractivity contribution in [2.24, 2.45) is 5.92 Å². The summed E-state index contributed by atoms with van der Waals surface area (Å²) in [4.78, 5) is 2.56. The second kappa shape index (κ2) is 8.89. The van der Waals surface area contributed by atoms with Gasteiger partial charge in [-0.2, -0.15) is 0 Å². The van der Waals surface area contributed by atoms with Crippen molar-refractivity contribution < 1.29 is 4.74 Å². The highest BCUT2D eigenvalue weighted by atomic mass is 16.5. The maximum absolute atomic E-state index is 5.55. The first kappa shape index (κ1) is 15.9. The fraction of sp³-hybridized carbons (Fsp3) is 1.00. The highest BCUT2D eigenvalue weighted by Gasteiger charge is 2.22. The molecule has 1 aliphatic heterocycles. The van der Waals surface area contributed by atoms with Crippen molar-refractivity contribution in [1.82, 2.24) is 10.2 Å². The molecule has 0 saturated carbocycles. The Bertz CT molecular complexity index is 201. The van der Waals surface area contributed by atoms with Crippen molar-refractivity contribution >= 4 is 0 Å². The molecule has 3 heteroatoms. The van der Waals surface area contributed by atoms with Crippen LogP contribution in [-0.4, -0.2) is 49.8 Å². The monoisotopic (exact) mass is 256 g/mol. The molecular formula is C15H32N2O. The van der Waals surface area contributed by atoms with Crippen molar-refractivity contribution in [2.45, 2.75) is 59.1 Å². The van der Waals surface area contributed by atoms with Crippen LogP contribution in [0.4, 0.5) is 0 Å². The molecule has 18 heavy (non-hydrogen) atoms. The Balaban J connectivity index is 2.04. The number of ether oxygens (including phenoxy) is 1. The molecule has 0 aromatic rings. The number of rotatable bonds is 8. The van der Waals surface area contributed by atoms with Crippen LogP contribution in [0.2, 0.25) is 0 Å². The highest BCUT2D eigenvalue weighted by molar-refractivity contribution is 4.79. The maximum atomic E-state index is 5.55. The number of nitrogens with one attached hydrogen (secondary N) is 1. The van der Waals surface area contributed by atoms with Crippen LogP contribution in [0.15, 0.2) is 0 Å². The lowest BCUT2D eigenvalue weighted by Crippen LogP contribution is -2.42. The molecule has 1 heterocycles. The predicted octanol–water partition coefficient (Wildman–Crippen LogP) is 2.51. The van der Waals surface area contributed by atoms with Gasteiger partial charge in [0, 0.05) is 12.6 Å². The van der Waals surface area contributed by atoms with E-state index < -0.39 is 0 Å². The third-order valence-electron chi connectivity index (χ3n) is 4.03. The van der Waals surface area contributed by atoms with Gasteiger partial charge in [-0.3, -0.25) is 0 Å². The van der Waals surface area contributed by atoms with E-state index in [2.05, 4.69) is 37.9 Å². The summed E-state index contributed by atoms with van der Waals surface area (Å²) in [7, 11) is 0. The molecule has 1 N–H and O–H groups in total. The van der Waals surface area contributed by atoms with Crippen LogP contribution in [0.5, 0.6) is 0 Å². The molecule has 0 aromatic heterocycles. The lowest BCUT2D eigenvalue weighted by Gasteiger charge is -2.34. The quantitative estimate of drug-likeness (QED) is 0.675. The van der Waals surface area contributed by atoms with Gasteiger partial charge in [0.2, 0.25) is 0 Å². The number of likely N-dealkylation sites (tertiary alicyclic amines) is 1. The summed E-state index contributed by atoms with van der Waals surface area (Å²) in [5.41, 5.74) is 0. The fourth-order valence-electron chi connectivity index (χ4n) is 2.66. The van der Waals surface area contributed by atoms with Crippen LogP contribution in [-0.2, 0) is 4.74 Å². The van der Waals surface area contributed by atoms with E-state index in [0.29, 0.717) is 12.1 Å². The van der Waals surface area contributed by atoms with Gasteiger partial charge in [0.1, 0.15) is 0 Å². The minimum Gasteiger partial charge on any atom is -0.379 e. The Morgan fingerprint density at radius 1 is 1.22 bits per heavy atom. The number of hydrogen-bond donors (Lipinski definition) is 1. The van der Waals surface area contributed by atoms with Gasteiger partial charge in [-0.25, -0.2) is 0 Å². The van der Waals surface area contributed by atoms with Gasteiger partial charge in [-0.05, 0) is 72.1 Å². The van der Waals surface area contributed by atoms with E-state index in [9.17, 15) is 0 Å². The Kier molecular flexibility index (Phi) is 7.87. The molecule has 1 saturated heterocycles. The summed E-state index contributed by atoms with van der Waals surface area (Å²) < 4.78 is 5.55. The molecule has 0 aliphatic carbocycles. The molecule has 0 amide bonds. The zero-order valence-electron chi connectivity index (χ0n) is 12.7. The van der Waals surface area contributed by atoms with Gasteiger partial charge < -0.3 is 15.0 Å². The molecule has 1 rings (SSSR count). The SMILES string of the molecule is CCN1CCC(C(C)NCCCOC(C)C)CC1. The van der Waals surface area contributed by atoms with Crippen LogP contribution in [0.25, 0.3) is 0 Å². The van der Waals surface area contributed by atoms with E-state index in [1.165, 1.54) is 32.5 Å². The number of piperidine rings is 1. The Morgan fingerprint density at radius 3 is 2.44 bits per heavy atom. The van der Waals surface area contributed by atoms with E-state index in [0.717, 1.165) is 25.5 Å². The molecule has 0 spiro atoms. The summed E-state index contributed by atoms with van der Waals surface area (Å²) in [6.07, 6.45) is 4.19. The fourth-order valence-corrected chi connectivity index (χ4v) is 2.66. The van der Waals surface area contributed by atoms with Gasteiger partial charge in [0.15, 0.2) is 0 Å². The van der Waals surface area contributed by atoms with Crippen molar-refractivity contribution in [3.63, 3.8) is 0 Å². The van der Waals surface area contributed by atoms with Crippen LogP contribution < -0.4 is 5.32 Å². The molecule has 1 fully saturated rings. The molecule has 3 nitrogen and oxygen atoms in total. The maximum Gasteiger partial charge on any atom is 0.0518 e. The summed E-state index contributed by atoms with van der Waals surface area (Å²) in [5, 5.41) is 3.66. The van der Waals surface area contributed by atoms with Crippen molar-refractivity contribution in [3.8, 4) is 0 Å². The van der Waals surface area contributed by atoms with Gasteiger partial charge >= 0.3 is 0 Å². The zero-order valence-corrected chi connectivity index (χ0v) is 12.7. The minimum absolute atomic E-state index is 0.362. The molecule has 0 radical (unpaired) electrons. The molecule has 1 aliphatic rings. The van der Waals surface area contributed by atoms with Crippen molar-refractivity contribution in [1.29, 1.82) is 0 Å². The smallest absolute Gasteiger partial charge is 0.0518 e. The second-order valence-electron chi connectivity index (χ2n) is 5.79. The molecule has 1 atom stereocenters. The molecular weight excluding hydrogens is 224 g/mol. The van der Waals surface area contributed by atoms with Crippen molar-refractivity contribution in [2.75, 3.05) is 32.8 Å². The average molecular weight is 256 g/mol. The molecule has 0 aromatic carbocycles. The summed E-state index contributed by atoms with van der Waals surface area (Å²) in [6.45, 7) is 14.5. The van der Waals surface area contributed by atoms with Gasteiger partial charge in [0.05, 0.1) is 6.10 Å². The van der Waals surface area contributed by atoms with Gasteiger partial charge in [-0.15, -0.1) is 0 Å². The van der Waals surface area contributed by atoms with Crippen molar-refractivity contribution in [3.05, 3.63) is 0 Å². The predicted molar refractivity (Wildman–Crippen MR) is 78.0 cm³/mol. The standard InChI is InChI=1S/C15H32N2O/c1-5-17-10-7-15(8-11-17)14(4)16-9-6-12-18-13(2)3/h13-16H,5-12H2,1-4H3.